The van der Waals surface area contributed by atoms with E-state index in [0.717, 1.165) is 54.0 Å². The monoisotopic (exact) mass is 359 g/mol. The van der Waals surface area contributed by atoms with E-state index in [1.165, 1.54) is 5.56 Å². The first kappa shape index (κ1) is 17.5. The maximum Gasteiger partial charge on any atom is 0.111 e. The summed E-state index contributed by atoms with van der Waals surface area (Å²) >= 11 is 0. The van der Waals surface area contributed by atoms with Crippen molar-refractivity contribution in [1.29, 1.82) is 0 Å². The fraction of sp³-hybridized carbons (Fsp3) is 0.273. The number of aromatic nitrogens is 4. The largest absolute Gasteiger partial charge is 0.342 e. The molecule has 138 valence electrons. The van der Waals surface area contributed by atoms with Crippen LogP contribution in [0.15, 0.2) is 60.8 Å². The number of nitrogens with one attached hydrogen (secondary N) is 1. The Morgan fingerprint density at radius 1 is 1.04 bits per heavy atom. The molecule has 0 amide bonds. The molecule has 0 saturated heterocycles. The summed E-state index contributed by atoms with van der Waals surface area (Å²) in [6.45, 7) is 2.01. The highest BCUT2D eigenvalue weighted by atomic mass is 15.3. The van der Waals surface area contributed by atoms with Crippen LogP contribution >= 0.6 is 0 Å². The van der Waals surface area contributed by atoms with E-state index < -0.39 is 0 Å². The lowest BCUT2D eigenvalue weighted by molar-refractivity contribution is 0.381. The lowest BCUT2D eigenvalue weighted by atomic mass is 10.1. The van der Waals surface area contributed by atoms with E-state index in [9.17, 15) is 0 Å². The van der Waals surface area contributed by atoms with Crippen molar-refractivity contribution in [1.82, 2.24) is 24.6 Å². The topological polar surface area (TPSA) is 49.7 Å². The van der Waals surface area contributed by atoms with E-state index in [4.69, 9.17) is 10.1 Å². The minimum Gasteiger partial charge on any atom is -0.342 e. The van der Waals surface area contributed by atoms with Crippen LogP contribution in [0.4, 0.5) is 0 Å². The van der Waals surface area contributed by atoms with Gasteiger partial charge in [0.05, 0.1) is 16.7 Å². The van der Waals surface area contributed by atoms with Crippen LogP contribution in [0, 0.1) is 0 Å². The Kier molecular flexibility index (Phi) is 5.03. The number of aromatic amines is 1. The third-order valence-electron chi connectivity index (χ3n) is 4.67. The second-order valence-electron chi connectivity index (χ2n) is 7.20. The van der Waals surface area contributed by atoms with Crippen LogP contribution in [0.5, 0.6) is 0 Å². The number of imidazole rings is 1. The summed E-state index contributed by atoms with van der Waals surface area (Å²) in [7, 11) is 4.19. The smallest absolute Gasteiger partial charge is 0.111 e. The van der Waals surface area contributed by atoms with E-state index in [1.807, 2.05) is 10.7 Å². The molecule has 0 saturated carbocycles. The Labute approximate surface area is 159 Å². The number of rotatable bonds is 7. The standard InChI is InChI=1S/C22H25N5/c1-26(2)12-6-13-27-14-11-19(25-27)18-9-10-20-21(16-18)24-22(23-20)15-17-7-4-3-5-8-17/h3-5,7-11,14,16H,6,12-13,15H2,1-2H3,(H,23,24). The molecule has 4 rings (SSSR count). The number of aryl methyl sites for hydroxylation is 1. The van der Waals surface area contributed by atoms with Crippen LogP contribution in [-0.4, -0.2) is 45.3 Å². The van der Waals surface area contributed by atoms with Crippen molar-refractivity contribution in [3.63, 3.8) is 0 Å². The van der Waals surface area contributed by atoms with Gasteiger partial charge in [0.15, 0.2) is 0 Å². The van der Waals surface area contributed by atoms with E-state index in [0.29, 0.717) is 0 Å². The van der Waals surface area contributed by atoms with Gasteiger partial charge in [-0.15, -0.1) is 0 Å². The quantitative estimate of drug-likeness (QED) is 0.543. The van der Waals surface area contributed by atoms with Crippen LogP contribution in [0.2, 0.25) is 0 Å². The molecule has 2 aromatic heterocycles. The summed E-state index contributed by atoms with van der Waals surface area (Å²) in [5.74, 6) is 0.988. The molecule has 0 aliphatic carbocycles. The van der Waals surface area contributed by atoms with Crippen molar-refractivity contribution in [3.05, 3.63) is 72.2 Å². The summed E-state index contributed by atoms with van der Waals surface area (Å²) in [4.78, 5) is 10.4. The number of benzene rings is 2. The van der Waals surface area contributed by atoms with Gasteiger partial charge >= 0.3 is 0 Å². The SMILES string of the molecule is CN(C)CCCn1ccc(-c2ccc3nc(Cc4ccccc4)[nH]c3c2)n1. The first-order valence-corrected chi connectivity index (χ1v) is 9.38. The maximum absolute atomic E-state index is 4.72. The second-order valence-corrected chi connectivity index (χ2v) is 7.20. The molecule has 0 unspecified atom stereocenters. The molecule has 0 radical (unpaired) electrons. The molecule has 5 heteroatoms. The summed E-state index contributed by atoms with van der Waals surface area (Å²) in [6.07, 6.45) is 3.96. The normalized spacial score (nSPS) is 11.5. The number of nitrogens with zero attached hydrogens (tertiary/aromatic N) is 4. The molecule has 1 N–H and O–H groups in total. The van der Waals surface area contributed by atoms with E-state index in [1.54, 1.807) is 0 Å². The zero-order valence-electron chi connectivity index (χ0n) is 15.9. The molecule has 0 fully saturated rings. The van der Waals surface area contributed by atoms with Gasteiger partial charge in [-0.25, -0.2) is 4.98 Å². The van der Waals surface area contributed by atoms with Gasteiger partial charge in [-0.2, -0.15) is 5.10 Å². The number of fused-ring (bicyclic) bond motifs is 1. The molecule has 5 nitrogen and oxygen atoms in total. The Bertz CT molecular complexity index is 1010. The van der Waals surface area contributed by atoms with Gasteiger partial charge in [0.1, 0.15) is 5.82 Å². The molecule has 27 heavy (non-hydrogen) atoms. The minimum atomic E-state index is 0.811. The number of H-pyrrole nitrogens is 1. The van der Waals surface area contributed by atoms with Gasteiger partial charge in [0.25, 0.3) is 0 Å². The third kappa shape index (κ3) is 4.26. The summed E-state index contributed by atoms with van der Waals surface area (Å²) in [6, 6.07) is 18.8. The fourth-order valence-corrected chi connectivity index (χ4v) is 3.28. The second kappa shape index (κ2) is 7.76. The number of hydrogen-bond acceptors (Lipinski definition) is 3. The maximum atomic E-state index is 4.72. The third-order valence-corrected chi connectivity index (χ3v) is 4.67. The molecule has 0 aliphatic heterocycles. The highest BCUT2D eigenvalue weighted by molar-refractivity contribution is 5.81. The molecular formula is C22H25N5. The van der Waals surface area contributed by atoms with Crippen LogP contribution < -0.4 is 0 Å². The predicted octanol–water partition coefficient (Wildman–Crippen LogP) is 3.97. The van der Waals surface area contributed by atoms with Crippen molar-refractivity contribution in [2.75, 3.05) is 20.6 Å². The molecule has 0 aliphatic rings. The molecule has 0 bridgehead atoms. The van der Waals surface area contributed by atoms with Crippen LogP contribution in [0.25, 0.3) is 22.3 Å². The summed E-state index contributed by atoms with van der Waals surface area (Å²) < 4.78 is 2.02. The van der Waals surface area contributed by atoms with E-state index >= 15 is 0 Å². The zero-order chi connectivity index (χ0) is 18.6. The van der Waals surface area contributed by atoms with Crippen molar-refractivity contribution in [2.24, 2.45) is 0 Å². The summed E-state index contributed by atoms with van der Waals surface area (Å²) in [5, 5.41) is 4.72. The highest BCUT2D eigenvalue weighted by Crippen LogP contribution is 2.22. The average molecular weight is 359 g/mol. The highest BCUT2D eigenvalue weighted by Gasteiger charge is 2.08. The Morgan fingerprint density at radius 2 is 1.89 bits per heavy atom. The summed E-state index contributed by atoms with van der Waals surface area (Å²) in [5.41, 5.74) is 5.42. The average Bonchev–Trinajstić information content (AvgIpc) is 3.28. The van der Waals surface area contributed by atoms with Crippen molar-refractivity contribution in [3.8, 4) is 11.3 Å². The lowest BCUT2D eigenvalue weighted by Crippen LogP contribution is -2.15. The van der Waals surface area contributed by atoms with Crippen LogP contribution in [0.1, 0.15) is 17.8 Å². The van der Waals surface area contributed by atoms with Gasteiger partial charge < -0.3 is 9.88 Å². The molecular weight excluding hydrogens is 334 g/mol. The molecule has 4 aromatic rings. The first-order valence-electron chi connectivity index (χ1n) is 9.38. The van der Waals surface area contributed by atoms with Gasteiger partial charge in [0, 0.05) is 24.7 Å². The fourth-order valence-electron chi connectivity index (χ4n) is 3.28. The molecule has 0 atom stereocenters. The van der Waals surface area contributed by atoms with Gasteiger partial charge in [-0.05, 0) is 50.8 Å². The van der Waals surface area contributed by atoms with E-state index in [-0.39, 0.29) is 0 Å². The van der Waals surface area contributed by atoms with Crippen molar-refractivity contribution < 1.29 is 0 Å². The molecule has 0 spiro atoms. The number of hydrogen-bond donors (Lipinski definition) is 1. The minimum absolute atomic E-state index is 0.811. The Morgan fingerprint density at radius 3 is 2.70 bits per heavy atom. The van der Waals surface area contributed by atoms with Gasteiger partial charge in [-0.1, -0.05) is 36.4 Å². The lowest BCUT2D eigenvalue weighted by Gasteiger charge is -2.08. The van der Waals surface area contributed by atoms with Crippen molar-refractivity contribution >= 4 is 11.0 Å². The Hall–Kier alpha value is -2.92. The van der Waals surface area contributed by atoms with Gasteiger partial charge in [0.2, 0.25) is 0 Å². The van der Waals surface area contributed by atoms with Crippen LogP contribution in [-0.2, 0) is 13.0 Å². The zero-order valence-corrected chi connectivity index (χ0v) is 15.9. The predicted molar refractivity (Wildman–Crippen MR) is 110 cm³/mol. The Balaban J connectivity index is 1.51. The van der Waals surface area contributed by atoms with Crippen LogP contribution in [0.3, 0.4) is 0 Å². The first-order chi connectivity index (χ1) is 13.2. The van der Waals surface area contributed by atoms with Gasteiger partial charge in [-0.3, -0.25) is 4.68 Å². The molecule has 2 heterocycles. The van der Waals surface area contributed by atoms with Crippen molar-refractivity contribution in [2.45, 2.75) is 19.4 Å². The van der Waals surface area contributed by atoms with E-state index in [2.05, 4.69) is 78.7 Å². The molecule has 2 aromatic carbocycles.